The lowest BCUT2D eigenvalue weighted by molar-refractivity contribution is -0.905. The summed E-state index contributed by atoms with van der Waals surface area (Å²) in [6.07, 6.45) is 3.25. The first-order chi connectivity index (χ1) is 10.7. The molecule has 0 aromatic heterocycles. The van der Waals surface area contributed by atoms with Crippen molar-refractivity contribution in [1.29, 1.82) is 0 Å². The van der Waals surface area contributed by atoms with Crippen LogP contribution in [-0.4, -0.2) is 44.0 Å². The van der Waals surface area contributed by atoms with Gasteiger partial charge >= 0.3 is 0 Å². The SMILES string of the molecule is CCC[NH+]1CCC(NC(=O)CNC(=O)c2ccccc2)CC1. The fourth-order valence-electron chi connectivity index (χ4n) is 2.90. The van der Waals surface area contributed by atoms with Gasteiger partial charge in [0.2, 0.25) is 5.91 Å². The van der Waals surface area contributed by atoms with Crippen molar-refractivity contribution in [3.8, 4) is 0 Å². The molecule has 1 saturated heterocycles. The number of amides is 2. The number of piperidine rings is 1. The molecular weight excluding hydrogens is 278 g/mol. The molecule has 0 atom stereocenters. The summed E-state index contributed by atoms with van der Waals surface area (Å²) in [5.41, 5.74) is 0.576. The maximum absolute atomic E-state index is 11.9. The lowest BCUT2D eigenvalue weighted by atomic mass is 10.0. The van der Waals surface area contributed by atoms with Crippen LogP contribution in [0.4, 0.5) is 0 Å². The van der Waals surface area contributed by atoms with Gasteiger partial charge in [0.15, 0.2) is 0 Å². The van der Waals surface area contributed by atoms with Gasteiger partial charge in [-0.25, -0.2) is 0 Å². The first-order valence-corrected chi connectivity index (χ1v) is 8.15. The number of quaternary nitrogens is 1. The molecule has 1 aromatic rings. The number of carbonyl (C=O) groups is 2. The second-order valence-corrected chi connectivity index (χ2v) is 5.89. The Labute approximate surface area is 132 Å². The molecule has 5 nitrogen and oxygen atoms in total. The monoisotopic (exact) mass is 304 g/mol. The van der Waals surface area contributed by atoms with Crippen LogP contribution in [-0.2, 0) is 4.79 Å². The molecular formula is C17H26N3O2+. The number of rotatable bonds is 6. The van der Waals surface area contributed by atoms with E-state index in [4.69, 9.17) is 0 Å². The van der Waals surface area contributed by atoms with Crippen LogP contribution in [0.2, 0.25) is 0 Å². The van der Waals surface area contributed by atoms with Gasteiger partial charge in [0.25, 0.3) is 5.91 Å². The molecule has 120 valence electrons. The summed E-state index contributed by atoms with van der Waals surface area (Å²) in [7, 11) is 0. The molecule has 1 fully saturated rings. The minimum atomic E-state index is -0.210. The first-order valence-electron chi connectivity index (χ1n) is 8.15. The Morgan fingerprint density at radius 1 is 1.18 bits per heavy atom. The van der Waals surface area contributed by atoms with Crippen LogP contribution in [0.1, 0.15) is 36.5 Å². The van der Waals surface area contributed by atoms with Gasteiger partial charge in [-0.15, -0.1) is 0 Å². The van der Waals surface area contributed by atoms with Crippen LogP contribution in [0, 0.1) is 0 Å². The quantitative estimate of drug-likeness (QED) is 0.692. The Bertz CT molecular complexity index is 482. The van der Waals surface area contributed by atoms with Crippen LogP contribution >= 0.6 is 0 Å². The summed E-state index contributed by atoms with van der Waals surface area (Å²) in [5.74, 6) is -0.314. The van der Waals surface area contributed by atoms with Crippen molar-refractivity contribution >= 4 is 11.8 Å². The Morgan fingerprint density at radius 2 is 1.86 bits per heavy atom. The number of benzene rings is 1. The molecule has 0 unspecified atom stereocenters. The van der Waals surface area contributed by atoms with E-state index in [-0.39, 0.29) is 24.4 Å². The van der Waals surface area contributed by atoms with Gasteiger partial charge in [-0.05, 0) is 18.6 Å². The molecule has 0 saturated carbocycles. The summed E-state index contributed by atoms with van der Waals surface area (Å²) < 4.78 is 0. The van der Waals surface area contributed by atoms with Crippen molar-refractivity contribution in [3.63, 3.8) is 0 Å². The average molecular weight is 304 g/mol. The van der Waals surface area contributed by atoms with E-state index >= 15 is 0 Å². The molecule has 2 amide bonds. The lowest BCUT2D eigenvalue weighted by Gasteiger charge is -2.29. The van der Waals surface area contributed by atoms with Gasteiger partial charge in [-0.1, -0.05) is 25.1 Å². The molecule has 3 N–H and O–H groups in total. The lowest BCUT2D eigenvalue weighted by Crippen LogP contribution is -3.13. The average Bonchev–Trinajstić information content (AvgIpc) is 2.55. The summed E-state index contributed by atoms with van der Waals surface area (Å²) in [6, 6.07) is 9.19. The molecule has 1 aliphatic rings. The molecule has 0 spiro atoms. The van der Waals surface area contributed by atoms with E-state index in [0.717, 1.165) is 25.9 Å². The van der Waals surface area contributed by atoms with Gasteiger partial charge in [0.1, 0.15) is 0 Å². The van der Waals surface area contributed by atoms with Crippen molar-refractivity contribution in [2.24, 2.45) is 0 Å². The number of nitrogens with one attached hydrogen (secondary N) is 3. The van der Waals surface area contributed by atoms with E-state index < -0.39 is 0 Å². The largest absolute Gasteiger partial charge is 0.351 e. The Morgan fingerprint density at radius 3 is 2.50 bits per heavy atom. The fourth-order valence-corrected chi connectivity index (χ4v) is 2.90. The predicted molar refractivity (Wildman–Crippen MR) is 85.8 cm³/mol. The van der Waals surface area contributed by atoms with Gasteiger partial charge in [-0.2, -0.15) is 0 Å². The van der Waals surface area contributed by atoms with Crippen LogP contribution in [0.25, 0.3) is 0 Å². The second-order valence-electron chi connectivity index (χ2n) is 5.89. The van der Waals surface area contributed by atoms with E-state index in [0.29, 0.717) is 5.56 Å². The van der Waals surface area contributed by atoms with Gasteiger partial charge in [0, 0.05) is 24.4 Å². The molecule has 22 heavy (non-hydrogen) atoms. The minimum Gasteiger partial charge on any atom is -0.351 e. The Kier molecular flexibility index (Phi) is 6.40. The van der Waals surface area contributed by atoms with Gasteiger partial charge in [-0.3, -0.25) is 9.59 Å². The van der Waals surface area contributed by atoms with Crippen molar-refractivity contribution in [1.82, 2.24) is 10.6 Å². The minimum absolute atomic E-state index is 0.0375. The molecule has 5 heteroatoms. The first kappa shape index (κ1) is 16.5. The topological polar surface area (TPSA) is 62.6 Å². The van der Waals surface area contributed by atoms with Crippen molar-refractivity contribution in [2.45, 2.75) is 32.2 Å². The van der Waals surface area contributed by atoms with E-state index in [1.54, 1.807) is 29.2 Å². The fraction of sp³-hybridized carbons (Fsp3) is 0.529. The highest BCUT2D eigenvalue weighted by Gasteiger charge is 2.22. The summed E-state index contributed by atoms with van der Waals surface area (Å²) in [5, 5.41) is 5.68. The number of hydrogen-bond acceptors (Lipinski definition) is 2. The third-order valence-corrected chi connectivity index (χ3v) is 4.11. The van der Waals surface area contributed by atoms with Gasteiger partial charge in [0.05, 0.1) is 26.2 Å². The van der Waals surface area contributed by atoms with E-state index in [1.807, 2.05) is 6.07 Å². The molecule has 1 heterocycles. The molecule has 1 aromatic carbocycles. The standard InChI is InChI=1S/C17H25N3O2/c1-2-10-20-11-8-15(9-12-20)19-16(21)13-18-17(22)14-6-4-3-5-7-14/h3-7,15H,2,8-13H2,1H3,(H,18,22)(H,19,21)/p+1. The van der Waals surface area contributed by atoms with Crippen LogP contribution in [0.5, 0.6) is 0 Å². The highest BCUT2D eigenvalue weighted by atomic mass is 16.2. The van der Waals surface area contributed by atoms with Crippen molar-refractivity contribution < 1.29 is 14.5 Å². The van der Waals surface area contributed by atoms with Crippen molar-refractivity contribution in [2.75, 3.05) is 26.2 Å². The second kappa shape index (κ2) is 8.54. The predicted octanol–water partition coefficient (Wildman–Crippen LogP) is -0.0101. The van der Waals surface area contributed by atoms with Crippen LogP contribution in [0.15, 0.2) is 30.3 Å². The summed E-state index contributed by atoms with van der Waals surface area (Å²) >= 11 is 0. The third kappa shape index (κ3) is 5.15. The van der Waals surface area contributed by atoms with E-state index in [2.05, 4.69) is 17.6 Å². The molecule has 0 aliphatic carbocycles. The Balaban J connectivity index is 1.67. The zero-order valence-electron chi connectivity index (χ0n) is 13.2. The maximum atomic E-state index is 11.9. The smallest absolute Gasteiger partial charge is 0.251 e. The zero-order valence-corrected chi connectivity index (χ0v) is 13.2. The number of likely N-dealkylation sites (tertiary alicyclic amines) is 1. The Hall–Kier alpha value is -1.88. The molecule has 0 radical (unpaired) electrons. The van der Waals surface area contributed by atoms with E-state index in [1.165, 1.54) is 13.0 Å². The number of hydrogen-bond donors (Lipinski definition) is 3. The van der Waals surface area contributed by atoms with Crippen molar-refractivity contribution in [3.05, 3.63) is 35.9 Å². The summed E-state index contributed by atoms with van der Waals surface area (Å²) in [6.45, 7) is 5.70. The normalized spacial score (nSPS) is 21.1. The highest BCUT2D eigenvalue weighted by molar-refractivity contribution is 5.96. The maximum Gasteiger partial charge on any atom is 0.251 e. The van der Waals surface area contributed by atoms with Gasteiger partial charge < -0.3 is 15.5 Å². The van der Waals surface area contributed by atoms with E-state index in [9.17, 15) is 9.59 Å². The number of carbonyl (C=O) groups excluding carboxylic acids is 2. The molecule has 1 aliphatic heterocycles. The highest BCUT2D eigenvalue weighted by Crippen LogP contribution is 2.00. The van der Waals surface area contributed by atoms with Crippen LogP contribution < -0.4 is 15.5 Å². The third-order valence-electron chi connectivity index (χ3n) is 4.11. The zero-order chi connectivity index (χ0) is 15.8. The van der Waals surface area contributed by atoms with Crippen LogP contribution in [0.3, 0.4) is 0 Å². The summed E-state index contributed by atoms with van der Waals surface area (Å²) in [4.78, 5) is 25.4. The molecule has 2 rings (SSSR count). The molecule has 0 bridgehead atoms.